The van der Waals surface area contributed by atoms with Crippen molar-refractivity contribution in [1.82, 2.24) is 4.98 Å². The number of para-hydroxylation sites is 1. The summed E-state index contributed by atoms with van der Waals surface area (Å²) in [6.45, 7) is 2.22. The number of furan rings is 1. The summed E-state index contributed by atoms with van der Waals surface area (Å²) in [7, 11) is 0. The lowest BCUT2D eigenvalue weighted by Crippen LogP contribution is -1.93. The first-order chi connectivity index (χ1) is 11.9. The highest BCUT2D eigenvalue weighted by atomic mass is 16.3. The van der Waals surface area contributed by atoms with E-state index in [0.717, 1.165) is 36.1 Å². The Bertz CT molecular complexity index is 969. The number of pyridine rings is 1. The summed E-state index contributed by atoms with van der Waals surface area (Å²) in [5.41, 5.74) is 4.58. The maximum Gasteiger partial charge on any atom is 0.153 e. The van der Waals surface area contributed by atoms with Gasteiger partial charge in [0.05, 0.1) is 11.7 Å². The van der Waals surface area contributed by atoms with Gasteiger partial charge in [0.15, 0.2) is 5.58 Å². The van der Waals surface area contributed by atoms with Gasteiger partial charge in [0.2, 0.25) is 0 Å². The molecule has 2 heterocycles. The van der Waals surface area contributed by atoms with E-state index in [1.807, 2.05) is 12.3 Å². The molecular weight excluding hydrogens is 294 g/mol. The highest BCUT2D eigenvalue weighted by Gasteiger charge is 2.17. The predicted octanol–water partition coefficient (Wildman–Crippen LogP) is 5.91. The summed E-state index contributed by atoms with van der Waals surface area (Å²) in [4.78, 5) is 4.56. The fraction of sp³-hybridized carbons (Fsp3) is 0.227. The summed E-state index contributed by atoms with van der Waals surface area (Å²) in [6, 6.07) is 19.0. The Balaban J connectivity index is 1.93. The van der Waals surface area contributed by atoms with E-state index in [0.29, 0.717) is 0 Å². The molecule has 0 saturated carbocycles. The van der Waals surface area contributed by atoms with Crippen LogP contribution in [-0.4, -0.2) is 4.98 Å². The van der Waals surface area contributed by atoms with Gasteiger partial charge in [-0.3, -0.25) is 4.98 Å². The minimum Gasteiger partial charge on any atom is -0.459 e. The Morgan fingerprint density at radius 3 is 2.58 bits per heavy atom. The molecule has 2 aromatic heterocycles. The van der Waals surface area contributed by atoms with E-state index in [1.54, 1.807) is 0 Å². The second kappa shape index (κ2) is 6.48. The Kier molecular flexibility index (Phi) is 4.04. The first-order valence-electron chi connectivity index (χ1n) is 8.68. The van der Waals surface area contributed by atoms with Crippen LogP contribution in [0.25, 0.3) is 21.9 Å². The van der Waals surface area contributed by atoms with Crippen LogP contribution in [0.5, 0.6) is 0 Å². The maximum atomic E-state index is 6.22. The third-order valence-electron chi connectivity index (χ3n) is 4.59. The fourth-order valence-corrected chi connectivity index (χ4v) is 3.37. The summed E-state index contributed by atoms with van der Waals surface area (Å²) in [6.07, 6.45) is 6.08. The van der Waals surface area contributed by atoms with Gasteiger partial charge < -0.3 is 4.42 Å². The molecular formula is C22H21NO. The minimum absolute atomic E-state index is 0.904. The average molecular weight is 315 g/mol. The molecule has 0 saturated heterocycles. The van der Waals surface area contributed by atoms with Crippen molar-refractivity contribution in [2.75, 3.05) is 0 Å². The van der Waals surface area contributed by atoms with Gasteiger partial charge in [-0.25, -0.2) is 0 Å². The number of fused-ring (bicyclic) bond motifs is 3. The highest BCUT2D eigenvalue weighted by Crippen LogP contribution is 2.33. The third kappa shape index (κ3) is 2.69. The first-order valence-corrected chi connectivity index (χ1v) is 8.68. The van der Waals surface area contributed by atoms with Crippen LogP contribution >= 0.6 is 0 Å². The second-order valence-electron chi connectivity index (χ2n) is 6.28. The van der Waals surface area contributed by atoms with Gasteiger partial charge >= 0.3 is 0 Å². The number of unbranched alkanes of at least 4 members (excludes halogenated alkanes) is 1. The summed E-state index contributed by atoms with van der Waals surface area (Å²) in [5.74, 6) is 1.12. The molecule has 0 amide bonds. The Morgan fingerprint density at radius 1 is 0.958 bits per heavy atom. The lowest BCUT2D eigenvalue weighted by molar-refractivity contribution is 0.530. The molecule has 120 valence electrons. The van der Waals surface area contributed by atoms with Crippen LogP contribution in [0.15, 0.2) is 65.2 Å². The third-order valence-corrected chi connectivity index (χ3v) is 4.59. The molecule has 2 aromatic carbocycles. The molecule has 0 aliphatic heterocycles. The zero-order valence-corrected chi connectivity index (χ0v) is 14.0. The smallest absolute Gasteiger partial charge is 0.153 e. The van der Waals surface area contributed by atoms with Gasteiger partial charge in [0.1, 0.15) is 5.76 Å². The Hall–Kier alpha value is -2.61. The SMILES string of the molecule is CCCCc1oc2cnc3ccccc3c2c1Cc1ccccc1. The van der Waals surface area contributed by atoms with E-state index in [9.17, 15) is 0 Å². The zero-order chi connectivity index (χ0) is 16.4. The van der Waals surface area contributed by atoms with Crippen molar-refractivity contribution in [2.45, 2.75) is 32.6 Å². The normalized spacial score (nSPS) is 11.4. The number of hydrogen-bond donors (Lipinski definition) is 0. The summed E-state index contributed by atoms with van der Waals surface area (Å²) < 4.78 is 6.22. The molecule has 0 fully saturated rings. The largest absolute Gasteiger partial charge is 0.459 e. The van der Waals surface area contributed by atoms with Crippen molar-refractivity contribution in [3.05, 3.63) is 77.7 Å². The van der Waals surface area contributed by atoms with Crippen molar-refractivity contribution in [1.29, 1.82) is 0 Å². The Morgan fingerprint density at radius 2 is 1.75 bits per heavy atom. The van der Waals surface area contributed by atoms with Gasteiger partial charge in [-0.2, -0.15) is 0 Å². The highest BCUT2D eigenvalue weighted by molar-refractivity contribution is 6.06. The van der Waals surface area contributed by atoms with E-state index in [-0.39, 0.29) is 0 Å². The number of aryl methyl sites for hydroxylation is 1. The molecule has 24 heavy (non-hydrogen) atoms. The standard InChI is InChI=1S/C22H21NO/c1-2-3-13-20-18(14-16-9-5-4-6-10-16)22-17-11-7-8-12-19(17)23-15-21(22)24-20/h4-12,15H,2-3,13-14H2,1H3. The van der Waals surface area contributed by atoms with Gasteiger partial charge in [-0.1, -0.05) is 61.9 Å². The quantitative estimate of drug-likeness (QED) is 0.457. The minimum atomic E-state index is 0.904. The van der Waals surface area contributed by atoms with Gasteiger partial charge in [-0.15, -0.1) is 0 Å². The number of hydrogen-bond acceptors (Lipinski definition) is 2. The molecule has 0 radical (unpaired) electrons. The molecule has 0 atom stereocenters. The van der Waals surface area contributed by atoms with Crippen molar-refractivity contribution < 1.29 is 4.42 Å². The molecule has 4 aromatic rings. The number of nitrogens with zero attached hydrogens (tertiary/aromatic N) is 1. The molecule has 2 nitrogen and oxygen atoms in total. The van der Waals surface area contributed by atoms with Crippen LogP contribution < -0.4 is 0 Å². The lowest BCUT2D eigenvalue weighted by Gasteiger charge is -2.05. The molecule has 0 aliphatic carbocycles. The predicted molar refractivity (Wildman–Crippen MR) is 99.4 cm³/mol. The van der Waals surface area contributed by atoms with Crippen LogP contribution in [-0.2, 0) is 12.8 Å². The molecule has 0 bridgehead atoms. The van der Waals surface area contributed by atoms with E-state index < -0.39 is 0 Å². The van der Waals surface area contributed by atoms with Gasteiger partial charge in [0, 0.05) is 29.2 Å². The molecule has 0 spiro atoms. The van der Waals surface area contributed by atoms with Crippen LogP contribution in [0.3, 0.4) is 0 Å². The average Bonchev–Trinajstić information content (AvgIpc) is 2.99. The van der Waals surface area contributed by atoms with Crippen LogP contribution in [0.2, 0.25) is 0 Å². The van der Waals surface area contributed by atoms with E-state index in [1.165, 1.54) is 28.3 Å². The van der Waals surface area contributed by atoms with E-state index >= 15 is 0 Å². The number of rotatable bonds is 5. The van der Waals surface area contributed by atoms with Crippen molar-refractivity contribution >= 4 is 21.9 Å². The molecule has 2 heteroatoms. The number of benzene rings is 2. The molecule has 0 unspecified atom stereocenters. The lowest BCUT2D eigenvalue weighted by atomic mass is 9.98. The molecule has 0 N–H and O–H groups in total. The van der Waals surface area contributed by atoms with Gasteiger partial charge in [0.25, 0.3) is 0 Å². The summed E-state index contributed by atoms with van der Waals surface area (Å²) in [5, 5.41) is 2.42. The van der Waals surface area contributed by atoms with E-state index in [4.69, 9.17) is 4.42 Å². The molecule has 4 rings (SSSR count). The second-order valence-corrected chi connectivity index (χ2v) is 6.28. The fourth-order valence-electron chi connectivity index (χ4n) is 3.37. The van der Waals surface area contributed by atoms with Crippen molar-refractivity contribution in [2.24, 2.45) is 0 Å². The molecule has 0 aliphatic rings. The first kappa shape index (κ1) is 14.9. The summed E-state index contributed by atoms with van der Waals surface area (Å²) >= 11 is 0. The topological polar surface area (TPSA) is 26.0 Å². The Labute approximate surface area is 142 Å². The van der Waals surface area contributed by atoms with Crippen molar-refractivity contribution in [3.63, 3.8) is 0 Å². The van der Waals surface area contributed by atoms with Crippen LogP contribution in [0.4, 0.5) is 0 Å². The van der Waals surface area contributed by atoms with Crippen LogP contribution in [0, 0.1) is 0 Å². The maximum absolute atomic E-state index is 6.22. The van der Waals surface area contributed by atoms with Gasteiger partial charge in [-0.05, 0) is 18.1 Å². The van der Waals surface area contributed by atoms with E-state index in [2.05, 4.69) is 60.4 Å². The monoisotopic (exact) mass is 315 g/mol. The van der Waals surface area contributed by atoms with Crippen molar-refractivity contribution in [3.8, 4) is 0 Å². The number of aromatic nitrogens is 1. The zero-order valence-electron chi connectivity index (χ0n) is 14.0. The van der Waals surface area contributed by atoms with Crippen LogP contribution in [0.1, 0.15) is 36.7 Å².